The SMILES string of the molecule is Cc1c(Nc2c(C#N)cncc2/C=C/c2ccc(S(=O)(=O)NCC(C)C)cc2)ccc2[nH]ccc12. The van der Waals surface area contributed by atoms with Gasteiger partial charge < -0.3 is 10.3 Å². The molecule has 8 heteroatoms. The second-order valence-corrected chi connectivity index (χ2v) is 10.5. The van der Waals surface area contributed by atoms with E-state index in [9.17, 15) is 13.7 Å². The molecule has 0 radical (unpaired) electrons. The molecule has 0 aliphatic heterocycles. The average Bonchev–Trinajstić information content (AvgIpc) is 3.34. The van der Waals surface area contributed by atoms with Crippen LogP contribution in [0.25, 0.3) is 23.1 Å². The van der Waals surface area contributed by atoms with Gasteiger partial charge in [-0.2, -0.15) is 5.26 Å². The van der Waals surface area contributed by atoms with Gasteiger partial charge >= 0.3 is 0 Å². The van der Waals surface area contributed by atoms with E-state index in [1.165, 1.54) is 6.20 Å². The quantitative estimate of drug-likeness (QED) is 0.301. The van der Waals surface area contributed by atoms with Crippen molar-refractivity contribution in [3.8, 4) is 6.07 Å². The number of nitriles is 1. The van der Waals surface area contributed by atoms with Gasteiger partial charge in [0.15, 0.2) is 0 Å². The molecule has 0 aliphatic carbocycles. The van der Waals surface area contributed by atoms with Gasteiger partial charge in [-0.1, -0.05) is 38.1 Å². The summed E-state index contributed by atoms with van der Waals surface area (Å²) in [5.74, 6) is 0.223. The maximum Gasteiger partial charge on any atom is 0.240 e. The molecular formula is C27H27N5O2S. The fourth-order valence-electron chi connectivity index (χ4n) is 3.69. The van der Waals surface area contributed by atoms with Gasteiger partial charge in [-0.15, -0.1) is 0 Å². The van der Waals surface area contributed by atoms with E-state index in [1.807, 2.05) is 57.3 Å². The van der Waals surface area contributed by atoms with Gasteiger partial charge in [0.1, 0.15) is 6.07 Å². The summed E-state index contributed by atoms with van der Waals surface area (Å²) in [7, 11) is -3.54. The van der Waals surface area contributed by atoms with Gasteiger partial charge in [0.2, 0.25) is 10.0 Å². The molecular weight excluding hydrogens is 458 g/mol. The van der Waals surface area contributed by atoms with Crippen LogP contribution >= 0.6 is 0 Å². The number of aromatic amines is 1. The molecule has 0 bridgehead atoms. The lowest BCUT2D eigenvalue weighted by atomic mass is 10.1. The molecule has 2 aromatic heterocycles. The molecule has 0 fully saturated rings. The summed E-state index contributed by atoms with van der Waals surface area (Å²) in [6.45, 7) is 6.33. The van der Waals surface area contributed by atoms with E-state index >= 15 is 0 Å². The second kappa shape index (κ2) is 10.1. The fourth-order valence-corrected chi connectivity index (χ4v) is 4.90. The van der Waals surface area contributed by atoms with Crippen LogP contribution in [0.4, 0.5) is 11.4 Å². The molecule has 178 valence electrons. The number of nitrogens with one attached hydrogen (secondary N) is 3. The highest BCUT2D eigenvalue weighted by Crippen LogP contribution is 2.31. The molecule has 7 nitrogen and oxygen atoms in total. The Labute approximate surface area is 205 Å². The van der Waals surface area contributed by atoms with Crippen molar-refractivity contribution in [2.45, 2.75) is 25.7 Å². The first-order valence-electron chi connectivity index (χ1n) is 11.3. The number of aromatic nitrogens is 2. The van der Waals surface area contributed by atoms with Crippen LogP contribution in [-0.2, 0) is 10.0 Å². The molecule has 0 saturated carbocycles. The summed E-state index contributed by atoms with van der Waals surface area (Å²) < 4.78 is 27.5. The van der Waals surface area contributed by atoms with Crippen LogP contribution in [0.2, 0.25) is 0 Å². The van der Waals surface area contributed by atoms with Crippen molar-refractivity contribution in [1.29, 1.82) is 5.26 Å². The molecule has 35 heavy (non-hydrogen) atoms. The topological polar surface area (TPSA) is 111 Å². The molecule has 3 N–H and O–H groups in total. The van der Waals surface area contributed by atoms with Crippen molar-refractivity contribution in [2.75, 3.05) is 11.9 Å². The number of fused-ring (bicyclic) bond motifs is 1. The van der Waals surface area contributed by atoms with E-state index in [4.69, 9.17) is 0 Å². The van der Waals surface area contributed by atoms with E-state index in [1.54, 1.807) is 30.5 Å². The first kappa shape index (κ1) is 24.2. The van der Waals surface area contributed by atoms with Crippen molar-refractivity contribution in [1.82, 2.24) is 14.7 Å². The summed E-state index contributed by atoms with van der Waals surface area (Å²) in [6.07, 6.45) is 8.86. The lowest BCUT2D eigenvalue weighted by Crippen LogP contribution is -2.27. The third-order valence-corrected chi connectivity index (χ3v) is 7.13. The number of pyridine rings is 1. The number of sulfonamides is 1. The Balaban J connectivity index is 1.61. The summed E-state index contributed by atoms with van der Waals surface area (Å²) in [6, 6.07) is 14.9. The number of aryl methyl sites for hydroxylation is 1. The van der Waals surface area contributed by atoms with Crippen LogP contribution in [0.15, 0.2) is 66.0 Å². The highest BCUT2D eigenvalue weighted by atomic mass is 32.2. The van der Waals surface area contributed by atoms with Crippen LogP contribution in [0, 0.1) is 24.2 Å². The minimum absolute atomic E-state index is 0.223. The first-order valence-corrected chi connectivity index (χ1v) is 12.8. The van der Waals surface area contributed by atoms with Crippen LogP contribution < -0.4 is 10.0 Å². The Hall–Kier alpha value is -3.93. The van der Waals surface area contributed by atoms with Gasteiger partial charge in [-0.05, 0) is 54.3 Å². The maximum atomic E-state index is 12.4. The highest BCUT2D eigenvalue weighted by molar-refractivity contribution is 7.89. The summed E-state index contributed by atoms with van der Waals surface area (Å²) in [5, 5.41) is 14.2. The van der Waals surface area contributed by atoms with Crippen molar-refractivity contribution in [3.05, 3.63) is 83.3 Å². The second-order valence-electron chi connectivity index (χ2n) is 8.71. The lowest BCUT2D eigenvalue weighted by Gasteiger charge is -2.14. The number of nitrogens with zero attached hydrogens (tertiary/aromatic N) is 2. The Morgan fingerprint density at radius 3 is 2.57 bits per heavy atom. The van der Waals surface area contributed by atoms with Gasteiger partial charge in [0.25, 0.3) is 0 Å². The molecule has 2 heterocycles. The van der Waals surface area contributed by atoms with Crippen LogP contribution in [-0.4, -0.2) is 24.9 Å². The average molecular weight is 486 g/mol. The molecule has 4 rings (SSSR count). The zero-order chi connectivity index (χ0) is 25.0. The Morgan fingerprint density at radius 1 is 1.09 bits per heavy atom. The predicted octanol–water partition coefficient (Wildman–Crippen LogP) is 5.59. The minimum atomic E-state index is -3.54. The zero-order valence-corrected chi connectivity index (χ0v) is 20.6. The fraction of sp³-hybridized carbons (Fsp3) is 0.185. The van der Waals surface area contributed by atoms with E-state index in [0.29, 0.717) is 17.8 Å². The van der Waals surface area contributed by atoms with E-state index in [2.05, 4.69) is 26.1 Å². The molecule has 0 unspecified atom stereocenters. The standard InChI is InChI=1S/C27H27N5O2S/c1-18(2)15-31-35(33,34)23-8-5-20(6-9-23)4-7-21-16-29-17-22(14-28)27(21)32-25-10-11-26-24(19(25)3)12-13-30-26/h4-13,16-18,30-31H,15H2,1-3H3,(H,29,32)/b7-4+. The largest absolute Gasteiger partial charge is 0.361 e. The minimum Gasteiger partial charge on any atom is -0.361 e. The van der Waals surface area contributed by atoms with Crippen molar-refractivity contribution >= 4 is 44.5 Å². The van der Waals surface area contributed by atoms with Crippen LogP contribution in [0.5, 0.6) is 0 Å². The van der Waals surface area contributed by atoms with E-state index in [-0.39, 0.29) is 10.8 Å². The lowest BCUT2D eigenvalue weighted by molar-refractivity contribution is 0.560. The highest BCUT2D eigenvalue weighted by Gasteiger charge is 2.14. The normalized spacial score (nSPS) is 11.9. The summed E-state index contributed by atoms with van der Waals surface area (Å²) in [4.78, 5) is 7.64. The summed E-state index contributed by atoms with van der Waals surface area (Å²) in [5.41, 5.74) is 5.68. The third-order valence-electron chi connectivity index (χ3n) is 5.69. The smallest absolute Gasteiger partial charge is 0.240 e. The molecule has 4 aromatic rings. The number of rotatable bonds is 8. The number of anilines is 2. The Morgan fingerprint density at radius 2 is 1.86 bits per heavy atom. The molecule has 0 spiro atoms. The first-order chi connectivity index (χ1) is 16.8. The number of benzene rings is 2. The van der Waals surface area contributed by atoms with Crippen molar-refractivity contribution < 1.29 is 8.42 Å². The van der Waals surface area contributed by atoms with Gasteiger partial charge in [0, 0.05) is 47.3 Å². The summed E-state index contributed by atoms with van der Waals surface area (Å²) >= 11 is 0. The monoisotopic (exact) mass is 485 g/mol. The van der Waals surface area contributed by atoms with Crippen molar-refractivity contribution in [2.24, 2.45) is 5.92 Å². The van der Waals surface area contributed by atoms with Crippen molar-refractivity contribution in [3.63, 3.8) is 0 Å². The Bertz CT molecular complexity index is 1530. The van der Waals surface area contributed by atoms with Crippen LogP contribution in [0.1, 0.15) is 36.1 Å². The molecule has 0 aliphatic rings. The molecule has 2 aromatic carbocycles. The molecule has 0 atom stereocenters. The van der Waals surface area contributed by atoms with E-state index in [0.717, 1.165) is 33.3 Å². The zero-order valence-electron chi connectivity index (χ0n) is 19.8. The number of H-pyrrole nitrogens is 1. The Kier molecular flexibility index (Phi) is 7.01. The van der Waals surface area contributed by atoms with Gasteiger partial charge in [-0.3, -0.25) is 4.98 Å². The maximum absolute atomic E-state index is 12.4. The van der Waals surface area contributed by atoms with Gasteiger partial charge in [0.05, 0.1) is 16.1 Å². The predicted molar refractivity (Wildman–Crippen MR) is 141 cm³/mol. The third kappa shape index (κ3) is 5.43. The van der Waals surface area contributed by atoms with E-state index < -0.39 is 10.0 Å². The molecule has 0 saturated heterocycles. The number of hydrogen-bond acceptors (Lipinski definition) is 5. The van der Waals surface area contributed by atoms with Gasteiger partial charge in [-0.25, -0.2) is 13.1 Å². The van der Waals surface area contributed by atoms with Crippen LogP contribution in [0.3, 0.4) is 0 Å². The number of hydrogen-bond donors (Lipinski definition) is 3. The molecule has 0 amide bonds.